The third-order valence-corrected chi connectivity index (χ3v) is 6.59. The van der Waals surface area contributed by atoms with E-state index in [1.807, 2.05) is 36.8 Å². The Bertz CT molecular complexity index is 1590. The number of hydrogen-bond donors (Lipinski definition) is 1. The van der Waals surface area contributed by atoms with Crippen molar-refractivity contribution in [3.8, 4) is 22.5 Å². The Balaban J connectivity index is 1.52. The van der Waals surface area contributed by atoms with Crippen LogP contribution in [0.15, 0.2) is 65.8 Å². The molecule has 5 heterocycles. The smallest absolute Gasteiger partial charge is 0.255 e. The van der Waals surface area contributed by atoms with Crippen LogP contribution in [0.25, 0.3) is 39.1 Å². The van der Waals surface area contributed by atoms with Gasteiger partial charge in [0.15, 0.2) is 0 Å². The topological polar surface area (TPSA) is 71.2 Å². The standard InChI is InChI=1S/C26H26N6O/c1-16(2)32-25-29-21(12-24(33)31(25)15-26(32,3)4)19-13-27-20-9-8-17(11-18(19)20)22-14-28-23-7-5-6-10-30(22)23/h5-14,16,27H,15H2,1-4H3. The minimum atomic E-state index is -0.164. The van der Waals surface area contributed by atoms with E-state index in [9.17, 15) is 4.79 Å². The van der Waals surface area contributed by atoms with E-state index in [1.165, 1.54) is 0 Å². The first-order chi connectivity index (χ1) is 15.8. The maximum Gasteiger partial charge on any atom is 0.255 e. The van der Waals surface area contributed by atoms with Gasteiger partial charge in [0.1, 0.15) is 5.65 Å². The number of nitrogens with one attached hydrogen (secondary N) is 1. The zero-order chi connectivity index (χ0) is 22.9. The molecule has 1 aliphatic rings. The van der Waals surface area contributed by atoms with Gasteiger partial charge in [-0.3, -0.25) is 13.8 Å². The molecule has 0 amide bonds. The van der Waals surface area contributed by atoms with Crippen LogP contribution in [0.4, 0.5) is 5.95 Å². The summed E-state index contributed by atoms with van der Waals surface area (Å²) in [5.41, 5.74) is 5.43. The van der Waals surface area contributed by atoms with Gasteiger partial charge in [-0.25, -0.2) is 9.97 Å². The van der Waals surface area contributed by atoms with Gasteiger partial charge in [-0.05, 0) is 52.0 Å². The molecule has 0 unspecified atom stereocenters. The summed E-state index contributed by atoms with van der Waals surface area (Å²) >= 11 is 0. The number of pyridine rings is 1. The summed E-state index contributed by atoms with van der Waals surface area (Å²) in [6.07, 6.45) is 5.86. The molecule has 4 aromatic heterocycles. The lowest BCUT2D eigenvalue weighted by Crippen LogP contribution is -2.45. The number of aromatic nitrogens is 5. The fourth-order valence-electron chi connectivity index (χ4n) is 5.27. The molecular formula is C26H26N6O. The van der Waals surface area contributed by atoms with Gasteiger partial charge in [0, 0.05) is 46.5 Å². The third-order valence-electron chi connectivity index (χ3n) is 6.59. The van der Waals surface area contributed by atoms with E-state index in [1.54, 1.807) is 10.6 Å². The number of hydrogen-bond acceptors (Lipinski definition) is 4. The van der Waals surface area contributed by atoms with Gasteiger partial charge in [-0.2, -0.15) is 0 Å². The van der Waals surface area contributed by atoms with Gasteiger partial charge in [0.2, 0.25) is 5.95 Å². The van der Waals surface area contributed by atoms with Gasteiger partial charge in [-0.15, -0.1) is 0 Å². The number of H-pyrrole nitrogens is 1. The molecule has 0 saturated carbocycles. The van der Waals surface area contributed by atoms with Crippen molar-refractivity contribution in [3.63, 3.8) is 0 Å². The number of anilines is 1. The Labute approximate surface area is 191 Å². The van der Waals surface area contributed by atoms with Crippen molar-refractivity contribution in [3.05, 3.63) is 71.4 Å². The van der Waals surface area contributed by atoms with Crippen LogP contribution < -0.4 is 10.5 Å². The number of imidazole rings is 1. The van der Waals surface area contributed by atoms with Crippen molar-refractivity contribution in [1.82, 2.24) is 23.9 Å². The normalized spacial score (nSPS) is 15.1. The minimum Gasteiger partial charge on any atom is -0.360 e. The molecule has 1 aromatic carbocycles. The third kappa shape index (κ3) is 2.92. The van der Waals surface area contributed by atoms with Crippen molar-refractivity contribution in [2.45, 2.75) is 45.8 Å². The molecule has 7 heteroatoms. The van der Waals surface area contributed by atoms with Crippen LogP contribution >= 0.6 is 0 Å². The van der Waals surface area contributed by atoms with Crippen LogP contribution in [0.3, 0.4) is 0 Å². The van der Waals surface area contributed by atoms with Gasteiger partial charge in [0.05, 0.1) is 29.7 Å². The zero-order valence-electron chi connectivity index (χ0n) is 19.2. The van der Waals surface area contributed by atoms with Crippen LogP contribution in [0.1, 0.15) is 27.7 Å². The second-order valence-electron chi connectivity index (χ2n) is 9.68. The molecule has 1 aliphatic heterocycles. The number of benzene rings is 1. The highest BCUT2D eigenvalue weighted by molar-refractivity contribution is 5.97. The molecule has 6 rings (SSSR count). The summed E-state index contributed by atoms with van der Waals surface area (Å²) in [6, 6.07) is 14.2. The largest absolute Gasteiger partial charge is 0.360 e. The predicted octanol–water partition coefficient (Wildman–Crippen LogP) is 4.71. The molecule has 1 N–H and O–H groups in total. The van der Waals surface area contributed by atoms with Crippen molar-refractivity contribution in [2.24, 2.45) is 0 Å². The quantitative estimate of drug-likeness (QED) is 0.443. The maximum atomic E-state index is 13.1. The lowest BCUT2D eigenvalue weighted by atomic mass is 10.0. The van der Waals surface area contributed by atoms with E-state index in [2.05, 4.69) is 65.2 Å². The Hall–Kier alpha value is -3.87. The summed E-state index contributed by atoms with van der Waals surface area (Å²) in [5, 5.41) is 1.03. The Morgan fingerprint density at radius 3 is 2.79 bits per heavy atom. The Morgan fingerprint density at radius 1 is 1.12 bits per heavy atom. The monoisotopic (exact) mass is 438 g/mol. The summed E-state index contributed by atoms with van der Waals surface area (Å²) in [4.78, 5) is 28.2. The highest BCUT2D eigenvalue weighted by Gasteiger charge is 2.39. The van der Waals surface area contributed by atoms with E-state index in [4.69, 9.17) is 4.98 Å². The van der Waals surface area contributed by atoms with Crippen LogP contribution in [-0.2, 0) is 6.54 Å². The molecule has 0 bridgehead atoms. The molecular weight excluding hydrogens is 412 g/mol. The SMILES string of the molecule is CC(C)N1c2nc(-c3c[nH]c4ccc(-c5cnc6ccccn56)cc34)cc(=O)n2CC1(C)C. The van der Waals surface area contributed by atoms with Crippen LogP contribution in [0, 0.1) is 0 Å². The average Bonchev–Trinajstić information content (AvgIpc) is 3.45. The molecule has 0 aliphatic carbocycles. The summed E-state index contributed by atoms with van der Waals surface area (Å²) in [6.45, 7) is 9.25. The van der Waals surface area contributed by atoms with E-state index < -0.39 is 0 Å². The summed E-state index contributed by atoms with van der Waals surface area (Å²) < 4.78 is 3.87. The summed E-state index contributed by atoms with van der Waals surface area (Å²) in [7, 11) is 0. The van der Waals surface area contributed by atoms with Crippen LogP contribution in [0.5, 0.6) is 0 Å². The van der Waals surface area contributed by atoms with E-state index in [0.717, 1.165) is 39.3 Å². The zero-order valence-corrected chi connectivity index (χ0v) is 19.2. The van der Waals surface area contributed by atoms with Crippen molar-refractivity contribution >= 4 is 22.5 Å². The van der Waals surface area contributed by atoms with E-state index in [0.29, 0.717) is 12.2 Å². The van der Waals surface area contributed by atoms with Gasteiger partial charge >= 0.3 is 0 Å². The van der Waals surface area contributed by atoms with Crippen molar-refractivity contribution < 1.29 is 0 Å². The maximum absolute atomic E-state index is 13.1. The lowest BCUT2D eigenvalue weighted by Gasteiger charge is -2.35. The highest BCUT2D eigenvalue weighted by Crippen LogP contribution is 2.36. The lowest BCUT2D eigenvalue weighted by molar-refractivity contribution is 0.425. The number of rotatable bonds is 3. The molecule has 0 atom stereocenters. The van der Waals surface area contributed by atoms with Crippen molar-refractivity contribution in [1.29, 1.82) is 0 Å². The number of nitrogens with zero attached hydrogens (tertiary/aromatic N) is 5. The van der Waals surface area contributed by atoms with Crippen molar-refractivity contribution in [2.75, 3.05) is 4.90 Å². The van der Waals surface area contributed by atoms with Crippen LogP contribution in [-0.4, -0.2) is 35.5 Å². The fraction of sp³-hybridized carbons (Fsp3) is 0.269. The average molecular weight is 439 g/mol. The molecule has 7 nitrogen and oxygen atoms in total. The van der Waals surface area contributed by atoms with E-state index in [-0.39, 0.29) is 17.1 Å². The summed E-state index contributed by atoms with van der Waals surface area (Å²) in [5.74, 6) is 0.741. The second-order valence-corrected chi connectivity index (χ2v) is 9.68. The number of aromatic amines is 1. The molecule has 0 saturated heterocycles. The predicted molar refractivity (Wildman–Crippen MR) is 132 cm³/mol. The van der Waals surface area contributed by atoms with E-state index >= 15 is 0 Å². The minimum absolute atomic E-state index is 0.0153. The molecule has 33 heavy (non-hydrogen) atoms. The molecule has 5 aromatic rings. The first-order valence-electron chi connectivity index (χ1n) is 11.3. The van der Waals surface area contributed by atoms with Gasteiger partial charge < -0.3 is 9.88 Å². The Kier molecular flexibility index (Phi) is 4.08. The molecule has 166 valence electrons. The second kappa shape index (κ2) is 6.81. The fourth-order valence-corrected chi connectivity index (χ4v) is 5.27. The van der Waals surface area contributed by atoms with Gasteiger partial charge in [0.25, 0.3) is 5.56 Å². The highest BCUT2D eigenvalue weighted by atomic mass is 16.1. The van der Waals surface area contributed by atoms with Crippen LogP contribution in [0.2, 0.25) is 0 Å². The molecule has 0 spiro atoms. The number of fused-ring (bicyclic) bond motifs is 3. The molecule has 0 fully saturated rings. The first-order valence-corrected chi connectivity index (χ1v) is 11.3. The Morgan fingerprint density at radius 2 is 1.97 bits per heavy atom. The molecule has 0 radical (unpaired) electrons. The first kappa shape index (κ1) is 19.8. The van der Waals surface area contributed by atoms with Gasteiger partial charge in [-0.1, -0.05) is 12.1 Å².